The van der Waals surface area contributed by atoms with Crippen molar-refractivity contribution in [3.8, 4) is 10.6 Å². The van der Waals surface area contributed by atoms with Crippen LogP contribution in [0.25, 0.3) is 10.6 Å². The normalized spacial score (nSPS) is 14.7. The highest BCUT2D eigenvalue weighted by atomic mass is 32.1. The van der Waals surface area contributed by atoms with Gasteiger partial charge in [-0.1, -0.05) is 30.7 Å². The van der Waals surface area contributed by atoms with Crippen LogP contribution < -0.4 is 0 Å². The molecule has 0 spiro atoms. The Morgan fingerprint density at radius 1 is 1.12 bits per heavy atom. The van der Waals surface area contributed by atoms with Crippen molar-refractivity contribution in [3.63, 3.8) is 0 Å². The molecule has 0 atom stereocenters. The van der Waals surface area contributed by atoms with Crippen LogP contribution in [0.5, 0.6) is 0 Å². The summed E-state index contributed by atoms with van der Waals surface area (Å²) in [5.41, 5.74) is 3.96. The monoisotopic (exact) mass is 357 g/mol. The van der Waals surface area contributed by atoms with Crippen molar-refractivity contribution in [1.29, 1.82) is 0 Å². The maximum Gasteiger partial charge on any atom is 0.273 e. The van der Waals surface area contributed by atoms with Crippen LogP contribution in [0.2, 0.25) is 0 Å². The van der Waals surface area contributed by atoms with Crippen molar-refractivity contribution < 1.29 is 9.59 Å². The third kappa shape index (κ3) is 3.74. The van der Waals surface area contributed by atoms with Gasteiger partial charge in [0.2, 0.25) is 5.91 Å². The van der Waals surface area contributed by atoms with Gasteiger partial charge < -0.3 is 9.80 Å². The molecule has 2 amide bonds. The molecule has 3 rings (SSSR count). The van der Waals surface area contributed by atoms with E-state index in [9.17, 15) is 9.59 Å². The predicted molar refractivity (Wildman–Crippen MR) is 99.8 cm³/mol. The highest BCUT2D eigenvalue weighted by molar-refractivity contribution is 7.13. The number of carbonyl (C=O) groups is 2. The molecule has 0 bridgehead atoms. The number of thiazole rings is 1. The second-order valence-electron chi connectivity index (χ2n) is 6.38. The molecule has 1 aliphatic rings. The molecule has 6 heteroatoms. The quantitative estimate of drug-likeness (QED) is 0.848. The van der Waals surface area contributed by atoms with Crippen molar-refractivity contribution >= 4 is 23.2 Å². The minimum absolute atomic E-state index is 0.0455. The molecule has 0 N–H and O–H groups in total. The molecule has 0 radical (unpaired) electrons. The number of piperazine rings is 1. The van der Waals surface area contributed by atoms with Crippen molar-refractivity contribution in [2.45, 2.75) is 27.2 Å². The third-order valence-electron chi connectivity index (χ3n) is 4.56. The van der Waals surface area contributed by atoms with E-state index in [0.717, 1.165) is 10.6 Å². The van der Waals surface area contributed by atoms with Crippen molar-refractivity contribution in [2.75, 3.05) is 26.2 Å². The number of rotatable bonds is 3. The molecular formula is C19H23N3O2S. The van der Waals surface area contributed by atoms with E-state index in [1.807, 2.05) is 17.2 Å². The topological polar surface area (TPSA) is 53.5 Å². The van der Waals surface area contributed by atoms with Gasteiger partial charge in [-0.05, 0) is 19.4 Å². The number of benzene rings is 1. The number of hydrogen-bond acceptors (Lipinski definition) is 4. The molecule has 1 fully saturated rings. The van der Waals surface area contributed by atoms with Crippen molar-refractivity contribution in [1.82, 2.24) is 14.8 Å². The van der Waals surface area contributed by atoms with Gasteiger partial charge in [-0.15, -0.1) is 11.3 Å². The van der Waals surface area contributed by atoms with Gasteiger partial charge >= 0.3 is 0 Å². The Bertz CT molecular complexity index is 792. The third-order valence-corrected chi connectivity index (χ3v) is 5.43. The van der Waals surface area contributed by atoms with Crippen LogP contribution in [0.15, 0.2) is 23.6 Å². The fraction of sp³-hybridized carbons (Fsp3) is 0.421. The summed E-state index contributed by atoms with van der Waals surface area (Å²) in [7, 11) is 0. The number of aromatic nitrogens is 1. The largest absolute Gasteiger partial charge is 0.339 e. The second-order valence-corrected chi connectivity index (χ2v) is 7.24. The van der Waals surface area contributed by atoms with Crippen LogP contribution >= 0.6 is 11.3 Å². The Morgan fingerprint density at radius 3 is 2.44 bits per heavy atom. The second kappa shape index (κ2) is 7.35. The molecule has 1 aromatic heterocycles. The Balaban J connectivity index is 1.70. The molecule has 25 heavy (non-hydrogen) atoms. The highest BCUT2D eigenvalue weighted by Gasteiger charge is 2.25. The molecule has 5 nitrogen and oxygen atoms in total. The zero-order valence-electron chi connectivity index (χ0n) is 14.9. The number of amides is 2. The SMILES string of the molecule is CCC(=O)N1CCN(C(=O)c2csc(-c3ccc(C)cc3C)n2)CC1. The van der Waals surface area contributed by atoms with Crippen molar-refractivity contribution in [2.24, 2.45) is 0 Å². The van der Waals surface area contributed by atoms with E-state index in [1.165, 1.54) is 22.5 Å². The smallest absolute Gasteiger partial charge is 0.273 e. The van der Waals surface area contributed by atoms with Gasteiger partial charge in [0, 0.05) is 43.5 Å². The van der Waals surface area contributed by atoms with Gasteiger partial charge in [0.25, 0.3) is 5.91 Å². The first-order valence-corrected chi connectivity index (χ1v) is 9.47. The van der Waals surface area contributed by atoms with E-state index in [1.54, 1.807) is 4.90 Å². The van der Waals surface area contributed by atoms with Gasteiger partial charge in [-0.25, -0.2) is 4.98 Å². The van der Waals surface area contributed by atoms with Gasteiger partial charge in [0.15, 0.2) is 0 Å². The molecule has 2 aromatic rings. The zero-order chi connectivity index (χ0) is 18.0. The minimum Gasteiger partial charge on any atom is -0.339 e. The van der Waals surface area contributed by atoms with Crippen LogP contribution in [0.1, 0.15) is 35.0 Å². The van der Waals surface area contributed by atoms with E-state index in [-0.39, 0.29) is 11.8 Å². The van der Waals surface area contributed by atoms with Gasteiger partial charge in [-0.3, -0.25) is 9.59 Å². The summed E-state index contributed by atoms with van der Waals surface area (Å²) in [6, 6.07) is 6.25. The number of aryl methyl sites for hydroxylation is 2. The molecule has 0 unspecified atom stereocenters. The highest BCUT2D eigenvalue weighted by Crippen LogP contribution is 2.28. The molecule has 2 heterocycles. The molecule has 132 valence electrons. The lowest BCUT2D eigenvalue weighted by Crippen LogP contribution is -2.50. The van der Waals surface area contributed by atoms with E-state index in [0.29, 0.717) is 38.3 Å². The lowest BCUT2D eigenvalue weighted by Gasteiger charge is -2.34. The lowest BCUT2D eigenvalue weighted by molar-refractivity contribution is -0.132. The Hall–Kier alpha value is -2.21. The lowest BCUT2D eigenvalue weighted by atomic mass is 10.1. The van der Waals surface area contributed by atoms with Gasteiger partial charge in [-0.2, -0.15) is 0 Å². The van der Waals surface area contributed by atoms with Crippen molar-refractivity contribution in [3.05, 3.63) is 40.4 Å². The fourth-order valence-electron chi connectivity index (χ4n) is 3.09. The van der Waals surface area contributed by atoms with Crippen LogP contribution in [0, 0.1) is 13.8 Å². The van der Waals surface area contributed by atoms with E-state index in [2.05, 4.69) is 37.0 Å². The standard InChI is InChI=1S/C19H23N3O2S/c1-4-17(23)21-7-9-22(10-8-21)19(24)16-12-25-18(20-16)15-6-5-13(2)11-14(15)3/h5-6,11-12H,4,7-10H2,1-3H3. The molecule has 1 saturated heterocycles. The maximum absolute atomic E-state index is 12.7. The number of hydrogen-bond donors (Lipinski definition) is 0. The average Bonchev–Trinajstić information content (AvgIpc) is 3.10. The first kappa shape index (κ1) is 17.6. The Labute approximate surface area is 152 Å². The summed E-state index contributed by atoms with van der Waals surface area (Å²) in [5.74, 6) is 0.105. The summed E-state index contributed by atoms with van der Waals surface area (Å²) < 4.78 is 0. The summed E-state index contributed by atoms with van der Waals surface area (Å²) in [4.78, 5) is 32.6. The van der Waals surface area contributed by atoms with Crippen LogP contribution in [0.3, 0.4) is 0 Å². The predicted octanol–water partition coefficient (Wildman–Crippen LogP) is 3.12. The summed E-state index contributed by atoms with van der Waals surface area (Å²) in [6.07, 6.45) is 0.513. The van der Waals surface area contributed by atoms with E-state index >= 15 is 0 Å². The average molecular weight is 357 g/mol. The Morgan fingerprint density at radius 2 is 1.80 bits per heavy atom. The van der Waals surface area contributed by atoms with E-state index < -0.39 is 0 Å². The zero-order valence-corrected chi connectivity index (χ0v) is 15.7. The molecule has 0 aliphatic carbocycles. The first-order chi connectivity index (χ1) is 12.0. The number of carbonyl (C=O) groups excluding carboxylic acids is 2. The molecule has 1 aliphatic heterocycles. The minimum atomic E-state index is -0.0455. The maximum atomic E-state index is 12.7. The van der Waals surface area contributed by atoms with E-state index in [4.69, 9.17) is 0 Å². The van der Waals surface area contributed by atoms with Crippen LogP contribution in [0.4, 0.5) is 0 Å². The summed E-state index contributed by atoms with van der Waals surface area (Å²) >= 11 is 1.50. The van der Waals surface area contributed by atoms with Crippen LogP contribution in [-0.2, 0) is 4.79 Å². The summed E-state index contributed by atoms with van der Waals surface area (Å²) in [5, 5.41) is 2.71. The summed E-state index contributed by atoms with van der Waals surface area (Å²) in [6.45, 7) is 8.34. The number of nitrogens with zero attached hydrogens (tertiary/aromatic N) is 3. The molecule has 1 aromatic carbocycles. The molecule has 0 saturated carbocycles. The fourth-order valence-corrected chi connectivity index (χ4v) is 3.98. The Kier molecular flexibility index (Phi) is 5.18. The van der Waals surface area contributed by atoms with Crippen LogP contribution in [-0.4, -0.2) is 52.8 Å². The molecular weight excluding hydrogens is 334 g/mol. The first-order valence-electron chi connectivity index (χ1n) is 8.59. The van der Waals surface area contributed by atoms with Gasteiger partial charge in [0.1, 0.15) is 10.7 Å². The van der Waals surface area contributed by atoms with Gasteiger partial charge in [0.05, 0.1) is 0 Å².